The molecule has 0 aromatic rings. The Morgan fingerprint density at radius 1 is 1.16 bits per heavy atom. The predicted octanol–water partition coefficient (Wildman–Crippen LogP) is 5.98. The van der Waals surface area contributed by atoms with Crippen LogP contribution in [0.4, 0.5) is 4.79 Å². The van der Waals surface area contributed by atoms with Gasteiger partial charge in [0.05, 0.1) is 19.8 Å². The van der Waals surface area contributed by atoms with Crippen molar-refractivity contribution in [3.8, 4) is 0 Å². The van der Waals surface area contributed by atoms with Crippen LogP contribution >= 0.6 is 22.6 Å². The molecule has 1 unspecified atom stereocenters. The average molecular weight is 647 g/mol. The minimum Gasteiger partial charge on any atom is -0.469 e. The SMILES string of the molecule is CCOC(=O)O[C@@H]1CC[C@]2(C)[C@@H]3[C@@H](C(=O)[C@H](CC)[C@@H]2C1)[C@@H]1CC[C@H]([C@H](C)CCC(=O)OC)[C@@]1(C)C(I)[C@@H]3O. The molecule has 0 heterocycles. The molecule has 4 saturated carbocycles. The van der Waals surface area contributed by atoms with Crippen LogP contribution in [-0.4, -0.2) is 52.9 Å². The van der Waals surface area contributed by atoms with Gasteiger partial charge in [-0.3, -0.25) is 9.59 Å². The molecular formula is C30H47IO7. The highest BCUT2D eigenvalue weighted by molar-refractivity contribution is 14.1. The topological polar surface area (TPSA) is 99.1 Å². The number of methoxy groups -OCH3 is 1. The summed E-state index contributed by atoms with van der Waals surface area (Å²) in [6.45, 7) is 11.0. The van der Waals surface area contributed by atoms with Crippen molar-refractivity contribution in [1.82, 2.24) is 0 Å². The molecule has 7 nitrogen and oxygen atoms in total. The van der Waals surface area contributed by atoms with Crippen LogP contribution in [0.3, 0.4) is 0 Å². The summed E-state index contributed by atoms with van der Waals surface area (Å²) in [5.41, 5.74) is -0.357. The zero-order valence-corrected chi connectivity index (χ0v) is 26.1. The second-order valence-electron chi connectivity index (χ2n) is 12.9. The lowest BCUT2D eigenvalue weighted by Crippen LogP contribution is -2.68. The van der Waals surface area contributed by atoms with Crippen molar-refractivity contribution < 1.29 is 33.7 Å². The first-order valence-corrected chi connectivity index (χ1v) is 16.0. The molecular weight excluding hydrogens is 599 g/mol. The van der Waals surface area contributed by atoms with E-state index in [0.29, 0.717) is 30.5 Å². The van der Waals surface area contributed by atoms with Gasteiger partial charge in [-0.2, -0.15) is 0 Å². The van der Waals surface area contributed by atoms with Crippen molar-refractivity contribution in [3.05, 3.63) is 0 Å². The number of esters is 1. The molecule has 1 N–H and O–H groups in total. The number of ketones is 1. The number of aliphatic hydroxyl groups is 1. The number of hydrogen-bond donors (Lipinski definition) is 1. The fraction of sp³-hybridized carbons (Fsp3) is 0.900. The van der Waals surface area contributed by atoms with E-state index < -0.39 is 12.3 Å². The van der Waals surface area contributed by atoms with E-state index in [4.69, 9.17) is 14.2 Å². The highest BCUT2D eigenvalue weighted by Crippen LogP contribution is 2.70. The number of alkyl halides is 1. The number of Topliss-reactive ketones (excluding diaryl/α,β-unsaturated/α-hetero) is 1. The smallest absolute Gasteiger partial charge is 0.469 e. The van der Waals surface area contributed by atoms with E-state index in [1.165, 1.54) is 7.11 Å². The summed E-state index contributed by atoms with van der Waals surface area (Å²) >= 11 is 2.49. The molecule has 0 bridgehead atoms. The Labute approximate surface area is 241 Å². The van der Waals surface area contributed by atoms with Crippen LogP contribution in [0.1, 0.15) is 86.0 Å². The highest BCUT2D eigenvalue weighted by Gasteiger charge is 2.70. The second kappa shape index (κ2) is 11.5. The molecule has 38 heavy (non-hydrogen) atoms. The summed E-state index contributed by atoms with van der Waals surface area (Å²) in [7, 11) is 1.43. The first-order valence-electron chi connectivity index (χ1n) is 14.7. The van der Waals surface area contributed by atoms with Crippen LogP contribution in [0.25, 0.3) is 0 Å². The Balaban J connectivity index is 1.63. The van der Waals surface area contributed by atoms with Crippen LogP contribution in [0.5, 0.6) is 0 Å². The number of halogens is 1. The van der Waals surface area contributed by atoms with Crippen molar-refractivity contribution in [1.29, 1.82) is 0 Å². The molecule has 0 amide bonds. The molecule has 4 aliphatic carbocycles. The van der Waals surface area contributed by atoms with Crippen molar-refractivity contribution in [2.45, 2.75) is 102 Å². The lowest BCUT2D eigenvalue weighted by atomic mass is 9.41. The van der Waals surface area contributed by atoms with Gasteiger partial charge in [0.15, 0.2) is 0 Å². The highest BCUT2D eigenvalue weighted by atomic mass is 127. The van der Waals surface area contributed by atoms with E-state index in [-0.39, 0.29) is 63.0 Å². The lowest BCUT2D eigenvalue weighted by Gasteiger charge is -2.65. The zero-order valence-electron chi connectivity index (χ0n) is 23.9. The van der Waals surface area contributed by atoms with E-state index in [2.05, 4.69) is 50.3 Å². The largest absolute Gasteiger partial charge is 0.508 e. The van der Waals surface area contributed by atoms with Gasteiger partial charge in [-0.25, -0.2) is 4.79 Å². The Bertz CT molecular complexity index is 909. The normalized spacial score (nSPS) is 44.8. The number of carbonyl (C=O) groups excluding carboxylic acids is 3. The molecule has 0 saturated heterocycles. The van der Waals surface area contributed by atoms with Gasteiger partial charge in [0.2, 0.25) is 0 Å². The van der Waals surface area contributed by atoms with E-state index >= 15 is 0 Å². The van der Waals surface area contributed by atoms with Crippen LogP contribution in [0.2, 0.25) is 0 Å². The van der Waals surface area contributed by atoms with Crippen molar-refractivity contribution in [2.75, 3.05) is 13.7 Å². The third kappa shape index (κ3) is 4.81. The van der Waals surface area contributed by atoms with Gasteiger partial charge in [-0.1, -0.05) is 50.3 Å². The van der Waals surface area contributed by atoms with Gasteiger partial charge >= 0.3 is 12.1 Å². The van der Waals surface area contributed by atoms with E-state index in [9.17, 15) is 19.5 Å². The summed E-state index contributed by atoms with van der Waals surface area (Å²) in [5, 5.41) is 12.1. The number of hydrogen-bond acceptors (Lipinski definition) is 7. The molecule has 8 heteroatoms. The maximum atomic E-state index is 14.4. The first-order chi connectivity index (χ1) is 17.9. The minimum atomic E-state index is -0.631. The van der Waals surface area contributed by atoms with Crippen LogP contribution < -0.4 is 0 Å². The quantitative estimate of drug-likeness (QED) is 0.207. The van der Waals surface area contributed by atoms with Gasteiger partial charge in [0.1, 0.15) is 11.9 Å². The summed E-state index contributed by atoms with van der Waals surface area (Å²) in [4.78, 5) is 38.3. The second-order valence-corrected chi connectivity index (χ2v) is 14.3. The molecule has 4 aliphatic rings. The Kier molecular flexibility index (Phi) is 9.13. The molecule has 4 rings (SSSR count). The fourth-order valence-electron chi connectivity index (χ4n) is 9.66. The number of fused-ring (bicyclic) bond motifs is 5. The number of ether oxygens (including phenoxy) is 3. The number of rotatable bonds is 7. The third-order valence-electron chi connectivity index (χ3n) is 11.5. The maximum absolute atomic E-state index is 14.4. The van der Waals surface area contributed by atoms with E-state index in [1.807, 2.05) is 0 Å². The molecule has 0 aromatic heterocycles. The first kappa shape index (κ1) is 30.1. The lowest BCUT2D eigenvalue weighted by molar-refractivity contribution is -0.194. The minimum absolute atomic E-state index is 0.0244. The number of aliphatic hydroxyl groups excluding tert-OH is 1. The fourth-order valence-corrected chi connectivity index (χ4v) is 11.0. The van der Waals surface area contributed by atoms with E-state index in [0.717, 1.165) is 38.5 Å². The summed E-state index contributed by atoms with van der Waals surface area (Å²) in [6, 6.07) is 0. The molecule has 0 aliphatic heterocycles. The van der Waals surface area contributed by atoms with Gasteiger partial charge in [0, 0.05) is 28.1 Å². The Morgan fingerprint density at radius 2 is 1.87 bits per heavy atom. The van der Waals surface area contributed by atoms with Crippen LogP contribution in [-0.2, 0) is 23.8 Å². The Hall–Kier alpha value is -0.900. The zero-order chi connectivity index (χ0) is 28.0. The average Bonchev–Trinajstić information content (AvgIpc) is 3.24. The van der Waals surface area contributed by atoms with Gasteiger partial charge in [-0.05, 0) is 86.4 Å². The van der Waals surface area contributed by atoms with Gasteiger partial charge in [0.25, 0.3) is 0 Å². The third-order valence-corrected chi connectivity index (χ3v) is 13.5. The van der Waals surface area contributed by atoms with E-state index in [1.54, 1.807) is 6.92 Å². The van der Waals surface area contributed by atoms with Crippen LogP contribution in [0.15, 0.2) is 0 Å². The van der Waals surface area contributed by atoms with Gasteiger partial charge in [-0.15, -0.1) is 0 Å². The van der Waals surface area contributed by atoms with Gasteiger partial charge < -0.3 is 19.3 Å². The Morgan fingerprint density at radius 3 is 2.50 bits per heavy atom. The summed E-state index contributed by atoms with van der Waals surface area (Å²) < 4.78 is 15.6. The molecule has 4 fully saturated rings. The summed E-state index contributed by atoms with van der Waals surface area (Å²) in [6.07, 6.45) is 4.70. The van der Waals surface area contributed by atoms with Crippen LogP contribution in [0, 0.1) is 52.3 Å². The molecule has 0 spiro atoms. The molecule has 12 atom stereocenters. The monoisotopic (exact) mass is 646 g/mol. The summed E-state index contributed by atoms with van der Waals surface area (Å²) in [5.74, 6) is 0.783. The van der Waals surface area contributed by atoms with Crippen molar-refractivity contribution in [2.24, 2.45) is 52.3 Å². The van der Waals surface area contributed by atoms with Crippen molar-refractivity contribution in [3.63, 3.8) is 0 Å². The predicted molar refractivity (Wildman–Crippen MR) is 152 cm³/mol. The number of carbonyl (C=O) groups is 3. The maximum Gasteiger partial charge on any atom is 0.508 e. The molecule has 0 radical (unpaired) electrons. The standard InChI is InChI=1S/C30H47IO7/c1-7-18-21-15-17(38-28(35)37-8-2)13-14-29(21,4)24-23(25(18)33)20-11-10-19(16(3)9-12-22(32)36-6)30(20,5)27(31)26(24)34/h16-21,23-24,26-27,34H,7-15H2,1-6H3/t16-,17-,18-,19-,20+,21+,23+,24-,26-,27?,29+,30-/m1/s1. The van der Waals surface area contributed by atoms with Crippen molar-refractivity contribution >= 4 is 40.5 Å². The molecule has 0 aromatic carbocycles. The molecule has 216 valence electrons.